The van der Waals surface area contributed by atoms with Gasteiger partial charge in [-0.1, -0.05) is 0 Å². The Hall–Kier alpha value is -2.28. The molecule has 0 aliphatic carbocycles. The van der Waals surface area contributed by atoms with Crippen LogP contribution < -0.4 is 4.90 Å². The summed E-state index contributed by atoms with van der Waals surface area (Å²) in [7, 11) is 0. The number of nitro groups is 1. The quantitative estimate of drug-likeness (QED) is 0.602. The predicted octanol–water partition coefficient (Wildman–Crippen LogP) is 0.756. The number of aliphatic imine (C=N–C) groups is 1. The molecule has 2 heterocycles. The Bertz CT molecular complexity index is 472. The number of nitrogens with zero attached hydrogens (tertiary/aromatic N) is 4. The first-order valence-electron chi connectivity index (χ1n) is 4.91. The highest BCUT2D eigenvalue weighted by Gasteiger charge is 2.24. The zero-order valence-electron chi connectivity index (χ0n) is 8.80. The van der Waals surface area contributed by atoms with Crippen LogP contribution in [0.5, 0.6) is 0 Å². The van der Waals surface area contributed by atoms with Crippen LogP contribution in [0.3, 0.4) is 0 Å². The summed E-state index contributed by atoms with van der Waals surface area (Å²) < 4.78 is 0. The number of rotatable bonds is 2. The molecule has 0 bridgehead atoms. The van der Waals surface area contributed by atoms with Crippen molar-refractivity contribution >= 4 is 12.0 Å². The third kappa shape index (κ3) is 2.45. The molecule has 0 fully saturated rings. The average Bonchev–Trinajstić information content (AvgIpc) is 2.52. The Kier molecular flexibility index (Phi) is 3.10. The highest BCUT2D eigenvalue weighted by atomic mass is 16.6. The fourth-order valence-corrected chi connectivity index (χ4v) is 1.48. The molecule has 0 amide bonds. The minimum absolute atomic E-state index is 0.0880. The second kappa shape index (κ2) is 4.71. The molecule has 1 aromatic heterocycles. The van der Waals surface area contributed by atoms with E-state index < -0.39 is 11.2 Å². The van der Waals surface area contributed by atoms with Gasteiger partial charge in [0, 0.05) is 18.1 Å². The van der Waals surface area contributed by atoms with Crippen molar-refractivity contribution in [3.05, 3.63) is 46.5 Å². The molecular formula is C10H10N4O3. The summed E-state index contributed by atoms with van der Waals surface area (Å²) in [4.78, 5) is 19.2. The van der Waals surface area contributed by atoms with E-state index >= 15 is 0 Å². The van der Waals surface area contributed by atoms with Crippen molar-refractivity contribution < 1.29 is 10.0 Å². The van der Waals surface area contributed by atoms with E-state index in [-0.39, 0.29) is 12.1 Å². The molecule has 0 saturated heterocycles. The first-order valence-corrected chi connectivity index (χ1v) is 4.91. The van der Waals surface area contributed by atoms with Gasteiger partial charge in [0.1, 0.15) is 12.4 Å². The van der Waals surface area contributed by atoms with E-state index in [1.54, 1.807) is 24.5 Å². The van der Waals surface area contributed by atoms with Crippen LogP contribution in [0.1, 0.15) is 6.42 Å². The molecule has 0 spiro atoms. The Labute approximate surface area is 96.9 Å². The van der Waals surface area contributed by atoms with Crippen molar-refractivity contribution in [2.45, 2.75) is 12.6 Å². The number of anilines is 1. The Morgan fingerprint density at radius 3 is 2.82 bits per heavy atom. The number of hydrogen-bond acceptors (Lipinski definition) is 6. The van der Waals surface area contributed by atoms with Crippen LogP contribution in [0.4, 0.5) is 5.69 Å². The van der Waals surface area contributed by atoms with Crippen LogP contribution in [-0.2, 0) is 0 Å². The van der Waals surface area contributed by atoms with Crippen molar-refractivity contribution in [2.75, 3.05) is 4.90 Å². The molecule has 17 heavy (non-hydrogen) atoms. The van der Waals surface area contributed by atoms with Crippen LogP contribution in [0.2, 0.25) is 0 Å². The predicted molar refractivity (Wildman–Crippen MR) is 60.9 cm³/mol. The topological polar surface area (TPSA) is 91.9 Å². The molecular weight excluding hydrogens is 224 g/mol. The molecule has 7 heteroatoms. The maximum absolute atomic E-state index is 10.6. The van der Waals surface area contributed by atoms with Crippen molar-refractivity contribution in [1.29, 1.82) is 0 Å². The molecule has 0 radical (unpaired) electrons. The van der Waals surface area contributed by atoms with Gasteiger partial charge in [-0.15, -0.1) is 0 Å². The number of aliphatic hydroxyl groups excluding tert-OH is 1. The molecule has 1 aliphatic rings. The molecule has 0 unspecified atom stereocenters. The normalized spacial score (nSPS) is 19.7. The van der Waals surface area contributed by atoms with Gasteiger partial charge in [0.15, 0.2) is 0 Å². The highest BCUT2D eigenvalue weighted by molar-refractivity contribution is 5.80. The summed E-state index contributed by atoms with van der Waals surface area (Å²) in [5.41, 5.74) is 0.555. The summed E-state index contributed by atoms with van der Waals surface area (Å²) in [6.45, 7) is 0. The van der Waals surface area contributed by atoms with Gasteiger partial charge >= 0.3 is 0 Å². The standard InChI is InChI=1S/C10H10N4O3/c15-10-5-9(14(16)17)6-12-7-13(10)8-1-3-11-4-2-8/h1-4,6-7,10,15H,5H2/t10-/m1/s1. The summed E-state index contributed by atoms with van der Waals surface area (Å²) in [6.07, 6.45) is 4.54. The van der Waals surface area contributed by atoms with Gasteiger partial charge in [0.2, 0.25) is 0 Å². The van der Waals surface area contributed by atoms with Crippen molar-refractivity contribution in [2.24, 2.45) is 4.99 Å². The van der Waals surface area contributed by atoms with Gasteiger partial charge in [0.25, 0.3) is 5.70 Å². The van der Waals surface area contributed by atoms with E-state index in [9.17, 15) is 15.2 Å². The summed E-state index contributed by atoms with van der Waals surface area (Å²) >= 11 is 0. The lowest BCUT2D eigenvalue weighted by molar-refractivity contribution is -0.429. The molecule has 2 rings (SSSR count). The van der Waals surface area contributed by atoms with Gasteiger partial charge in [-0.05, 0) is 12.1 Å². The third-order valence-electron chi connectivity index (χ3n) is 2.32. The van der Waals surface area contributed by atoms with E-state index in [1.807, 2.05) is 0 Å². The molecule has 0 saturated carbocycles. The second-order valence-electron chi connectivity index (χ2n) is 3.44. The molecule has 1 atom stereocenters. The van der Waals surface area contributed by atoms with Gasteiger partial charge < -0.3 is 10.0 Å². The minimum atomic E-state index is -1.01. The van der Waals surface area contributed by atoms with E-state index in [4.69, 9.17) is 0 Å². The average molecular weight is 234 g/mol. The highest BCUT2D eigenvalue weighted by Crippen LogP contribution is 2.19. The fourth-order valence-electron chi connectivity index (χ4n) is 1.48. The smallest absolute Gasteiger partial charge is 0.268 e. The van der Waals surface area contributed by atoms with Crippen molar-refractivity contribution in [3.8, 4) is 0 Å². The zero-order valence-corrected chi connectivity index (χ0v) is 8.80. The number of aliphatic hydroxyl groups is 1. The second-order valence-corrected chi connectivity index (χ2v) is 3.44. The monoisotopic (exact) mass is 234 g/mol. The van der Waals surface area contributed by atoms with Gasteiger partial charge in [-0.3, -0.25) is 15.1 Å². The molecule has 1 aromatic rings. The maximum Gasteiger partial charge on any atom is 0.268 e. The minimum Gasteiger partial charge on any atom is -0.373 e. The van der Waals surface area contributed by atoms with Crippen molar-refractivity contribution in [3.63, 3.8) is 0 Å². The summed E-state index contributed by atoms with van der Waals surface area (Å²) in [5, 5.41) is 20.5. The summed E-state index contributed by atoms with van der Waals surface area (Å²) in [6, 6.07) is 3.37. The van der Waals surface area contributed by atoms with Crippen LogP contribution in [0, 0.1) is 10.1 Å². The number of hydrogen-bond donors (Lipinski definition) is 1. The first-order chi connectivity index (χ1) is 8.18. The Balaban J connectivity index is 2.22. The van der Waals surface area contributed by atoms with Gasteiger partial charge in [-0.25, -0.2) is 4.99 Å². The lowest BCUT2D eigenvalue weighted by Gasteiger charge is -2.23. The summed E-state index contributed by atoms with van der Waals surface area (Å²) in [5.74, 6) is 0. The van der Waals surface area contributed by atoms with Crippen LogP contribution in [-0.4, -0.2) is 27.6 Å². The SMILES string of the molecule is O=[N+]([O-])C1=CN=CN(c2ccncc2)[C@H](O)C1. The molecule has 1 N–H and O–H groups in total. The maximum atomic E-state index is 10.6. The van der Waals surface area contributed by atoms with E-state index in [2.05, 4.69) is 9.98 Å². The lowest BCUT2D eigenvalue weighted by Crippen LogP contribution is -2.34. The lowest BCUT2D eigenvalue weighted by atomic mass is 10.2. The van der Waals surface area contributed by atoms with E-state index in [1.165, 1.54) is 11.2 Å². The van der Waals surface area contributed by atoms with Crippen LogP contribution in [0.15, 0.2) is 41.4 Å². The first kappa shape index (κ1) is 11.2. The van der Waals surface area contributed by atoms with Crippen LogP contribution >= 0.6 is 0 Å². The van der Waals surface area contributed by atoms with Crippen LogP contribution in [0.25, 0.3) is 0 Å². The number of aromatic nitrogens is 1. The Morgan fingerprint density at radius 1 is 1.47 bits per heavy atom. The fraction of sp³-hybridized carbons (Fsp3) is 0.200. The zero-order chi connectivity index (χ0) is 12.3. The van der Waals surface area contributed by atoms with Crippen molar-refractivity contribution in [1.82, 2.24) is 4.98 Å². The number of pyridine rings is 1. The van der Waals surface area contributed by atoms with Gasteiger partial charge in [-0.2, -0.15) is 0 Å². The van der Waals surface area contributed by atoms with E-state index in [0.29, 0.717) is 5.69 Å². The van der Waals surface area contributed by atoms with Gasteiger partial charge in [0.05, 0.1) is 17.7 Å². The largest absolute Gasteiger partial charge is 0.373 e. The molecule has 0 aromatic carbocycles. The Morgan fingerprint density at radius 2 is 2.18 bits per heavy atom. The van der Waals surface area contributed by atoms with E-state index in [0.717, 1.165) is 6.20 Å². The molecule has 1 aliphatic heterocycles. The third-order valence-corrected chi connectivity index (χ3v) is 2.32. The molecule has 88 valence electrons. The molecule has 7 nitrogen and oxygen atoms in total.